The van der Waals surface area contributed by atoms with Crippen LogP contribution in [0.5, 0.6) is 0 Å². The molecule has 2 aromatic rings. The first-order valence-electron chi connectivity index (χ1n) is 9.57. The molecule has 148 valence electrons. The van der Waals surface area contributed by atoms with E-state index in [2.05, 4.69) is 10.6 Å². The van der Waals surface area contributed by atoms with E-state index in [-0.39, 0.29) is 12.0 Å². The van der Waals surface area contributed by atoms with Crippen LogP contribution in [-0.2, 0) is 12.8 Å². The first kappa shape index (κ1) is 19.7. The third-order valence-electron chi connectivity index (χ3n) is 5.66. The lowest BCUT2D eigenvalue weighted by Crippen LogP contribution is -2.63. The third kappa shape index (κ3) is 4.82. The zero-order chi connectivity index (χ0) is 20.0. The van der Waals surface area contributed by atoms with Crippen LogP contribution in [0, 0.1) is 5.92 Å². The second-order valence-electron chi connectivity index (χ2n) is 7.49. The Morgan fingerprint density at radius 1 is 0.929 bits per heavy atom. The van der Waals surface area contributed by atoms with Gasteiger partial charge in [0, 0.05) is 12.0 Å². The van der Waals surface area contributed by atoms with Crippen molar-refractivity contribution >= 4 is 12.2 Å². The molecular weight excluding hydrogens is 356 g/mol. The second-order valence-corrected chi connectivity index (χ2v) is 7.49. The molecule has 6 nitrogen and oxygen atoms in total. The summed E-state index contributed by atoms with van der Waals surface area (Å²) >= 11 is 0. The molecule has 2 aromatic carbocycles. The third-order valence-corrected chi connectivity index (χ3v) is 5.66. The van der Waals surface area contributed by atoms with E-state index < -0.39 is 17.7 Å². The lowest BCUT2D eigenvalue weighted by atomic mass is 9.65. The number of carbonyl (C=O) groups is 2. The number of nitrogens with one attached hydrogen (secondary N) is 2. The molecule has 3 rings (SSSR count). The molecule has 1 saturated carbocycles. The number of amides is 2. The van der Waals surface area contributed by atoms with Crippen LogP contribution in [0.1, 0.15) is 30.4 Å². The molecule has 3 atom stereocenters. The van der Waals surface area contributed by atoms with Gasteiger partial charge in [0.2, 0.25) is 0 Å². The monoisotopic (exact) mass is 382 g/mol. The zero-order valence-electron chi connectivity index (χ0n) is 15.7. The largest absolute Gasteiger partial charge is 0.465 e. The van der Waals surface area contributed by atoms with Crippen molar-refractivity contribution in [3.63, 3.8) is 0 Å². The molecule has 28 heavy (non-hydrogen) atoms. The summed E-state index contributed by atoms with van der Waals surface area (Å²) in [5, 5.41) is 24.4. The van der Waals surface area contributed by atoms with Gasteiger partial charge in [0.25, 0.3) is 0 Å². The standard InChI is InChI=1S/C22H26N2O4/c25-20(26)23-19-12-7-13-22(24-21(27)28,15-17-10-5-2-6-11-17)18(19)14-16-8-3-1-4-9-16/h1-6,8-11,18-19,23-24H,7,12-15H2,(H,25,26)(H,27,28)/t18-,19?,22+/m1/s1. The smallest absolute Gasteiger partial charge is 0.405 e. The number of hydrogen-bond acceptors (Lipinski definition) is 2. The molecule has 0 aliphatic heterocycles. The molecule has 0 radical (unpaired) electrons. The second kappa shape index (κ2) is 8.78. The van der Waals surface area contributed by atoms with Crippen molar-refractivity contribution < 1.29 is 19.8 Å². The van der Waals surface area contributed by atoms with E-state index in [1.54, 1.807) is 0 Å². The highest BCUT2D eigenvalue weighted by Crippen LogP contribution is 2.39. The van der Waals surface area contributed by atoms with Gasteiger partial charge < -0.3 is 20.8 Å². The summed E-state index contributed by atoms with van der Waals surface area (Å²) in [5.41, 5.74) is 1.36. The van der Waals surface area contributed by atoms with Gasteiger partial charge in [0.15, 0.2) is 0 Å². The molecule has 0 saturated heterocycles. The molecule has 1 aliphatic rings. The van der Waals surface area contributed by atoms with Gasteiger partial charge in [-0.3, -0.25) is 0 Å². The maximum atomic E-state index is 11.7. The van der Waals surface area contributed by atoms with Gasteiger partial charge in [-0.15, -0.1) is 0 Å². The minimum Gasteiger partial charge on any atom is -0.465 e. The van der Waals surface area contributed by atoms with E-state index in [0.29, 0.717) is 25.7 Å². The highest BCUT2D eigenvalue weighted by Gasteiger charge is 2.47. The number of hydrogen-bond donors (Lipinski definition) is 4. The summed E-state index contributed by atoms with van der Waals surface area (Å²) in [6, 6.07) is 19.3. The van der Waals surface area contributed by atoms with Crippen molar-refractivity contribution in [3.8, 4) is 0 Å². The van der Waals surface area contributed by atoms with Gasteiger partial charge in [-0.05, 0) is 43.2 Å². The van der Waals surface area contributed by atoms with Gasteiger partial charge in [0.05, 0.1) is 5.54 Å². The fraction of sp³-hybridized carbons (Fsp3) is 0.364. The Balaban J connectivity index is 2.00. The summed E-state index contributed by atoms with van der Waals surface area (Å²) in [6.07, 6.45) is 1.09. The minimum atomic E-state index is -1.08. The van der Waals surface area contributed by atoms with Crippen LogP contribution in [0.4, 0.5) is 9.59 Å². The van der Waals surface area contributed by atoms with Crippen molar-refractivity contribution in [2.24, 2.45) is 5.92 Å². The van der Waals surface area contributed by atoms with Crippen LogP contribution in [0.15, 0.2) is 60.7 Å². The van der Waals surface area contributed by atoms with E-state index in [1.807, 2.05) is 60.7 Å². The Morgan fingerprint density at radius 3 is 2.11 bits per heavy atom. The van der Waals surface area contributed by atoms with Gasteiger partial charge in [-0.2, -0.15) is 0 Å². The van der Waals surface area contributed by atoms with E-state index in [1.165, 1.54) is 0 Å². The van der Waals surface area contributed by atoms with E-state index >= 15 is 0 Å². The van der Waals surface area contributed by atoms with Gasteiger partial charge in [-0.25, -0.2) is 9.59 Å². The summed E-state index contributed by atoms with van der Waals surface area (Å²) in [5.74, 6) is -0.198. The lowest BCUT2D eigenvalue weighted by Gasteiger charge is -2.48. The summed E-state index contributed by atoms with van der Waals surface area (Å²) in [6.45, 7) is 0. The van der Waals surface area contributed by atoms with Crippen LogP contribution >= 0.6 is 0 Å². The molecule has 0 bridgehead atoms. The van der Waals surface area contributed by atoms with Crippen LogP contribution in [0.3, 0.4) is 0 Å². The van der Waals surface area contributed by atoms with E-state index in [9.17, 15) is 19.8 Å². The molecule has 0 heterocycles. The predicted octanol–water partition coefficient (Wildman–Crippen LogP) is 3.91. The van der Waals surface area contributed by atoms with Gasteiger partial charge in [-0.1, -0.05) is 60.7 Å². The molecule has 1 fully saturated rings. The molecule has 0 aromatic heterocycles. The van der Waals surface area contributed by atoms with E-state index in [4.69, 9.17) is 0 Å². The first-order chi connectivity index (χ1) is 13.5. The summed E-state index contributed by atoms with van der Waals surface area (Å²) in [7, 11) is 0. The maximum absolute atomic E-state index is 11.7. The molecule has 1 aliphatic carbocycles. The van der Waals surface area contributed by atoms with Crippen molar-refractivity contribution in [2.45, 2.75) is 43.7 Å². The first-order valence-corrected chi connectivity index (χ1v) is 9.57. The normalized spacial score (nSPS) is 24.3. The van der Waals surface area contributed by atoms with Gasteiger partial charge in [0.1, 0.15) is 0 Å². The maximum Gasteiger partial charge on any atom is 0.405 e. The molecule has 4 N–H and O–H groups in total. The highest BCUT2D eigenvalue weighted by molar-refractivity contribution is 5.67. The summed E-state index contributed by atoms with van der Waals surface area (Å²) in [4.78, 5) is 23.2. The SMILES string of the molecule is O=C(O)NC1CCC[C@@](Cc2ccccc2)(NC(=O)O)[C@@H]1Cc1ccccc1. The van der Waals surface area contributed by atoms with Crippen LogP contribution in [-0.4, -0.2) is 34.0 Å². The Morgan fingerprint density at radius 2 is 1.54 bits per heavy atom. The Labute approximate surface area is 164 Å². The van der Waals surface area contributed by atoms with Crippen LogP contribution in [0.25, 0.3) is 0 Å². The fourth-order valence-corrected chi connectivity index (χ4v) is 4.54. The fourth-order valence-electron chi connectivity index (χ4n) is 4.54. The number of carboxylic acid groups (broad SMARTS) is 2. The van der Waals surface area contributed by atoms with Crippen molar-refractivity contribution in [2.75, 3.05) is 0 Å². The van der Waals surface area contributed by atoms with Crippen LogP contribution < -0.4 is 10.6 Å². The average Bonchev–Trinajstić information content (AvgIpc) is 2.65. The number of rotatable bonds is 6. The summed E-state index contributed by atoms with van der Waals surface area (Å²) < 4.78 is 0. The van der Waals surface area contributed by atoms with Crippen molar-refractivity contribution in [1.29, 1.82) is 0 Å². The minimum absolute atomic E-state index is 0.198. The highest BCUT2D eigenvalue weighted by atomic mass is 16.4. The van der Waals surface area contributed by atoms with Crippen molar-refractivity contribution in [1.82, 2.24) is 10.6 Å². The molecular formula is C22H26N2O4. The van der Waals surface area contributed by atoms with Crippen LogP contribution in [0.2, 0.25) is 0 Å². The Bertz CT molecular complexity index is 797. The predicted molar refractivity (Wildman–Crippen MR) is 106 cm³/mol. The molecule has 1 unspecified atom stereocenters. The lowest BCUT2D eigenvalue weighted by molar-refractivity contribution is 0.0929. The van der Waals surface area contributed by atoms with E-state index in [0.717, 1.165) is 17.5 Å². The molecule has 6 heteroatoms. The molecule has 2 amide bonds. The topological polar surface area (TPSA) is 98.7 Å². The van der Waals surface area contributed by atoms with Crippen molar-refractivity contribution in [3.05, 3.63) is 71.8 Å². The van der Waals surface area contributed by atoms with Gasteiger partial charge >= 0.3 is 12.2 Å². The Hall–Kier alpha value is -3.02. The quantitative estimate of drug-likeness (QED) is 0.609. The Kier molecular flexibility index (Phi) is 6.19. The molecule has 0 spiro atoms. The zero-order valence-corrected chi connectivity index (χ0v) is 15.7. The number of benzene rings is 2. The average molecular weight is 382 g/mol.